The van der Waals surface area contributed by atoms with E-state index in [1.165, 1.54) is 0 Å². The lowest BCUT2D eigenvalue weighted by atomic mass is 10.7. The number of hydrogen-bond donors (Lipinski definition) is 0. The van der Waals surface area contributed by atoms with Crippen molar-refractivity contribution in [1.29, 1.82) is 0 Å². The van der Waals surface area contributed by atoms with E-state index >= 15 is 0 Å². The molecule has 0 spiro atoms. The summed E-state index contributed by atoms with van der Waals surface area (Å²) in [6, 6.07) is 4.50. The Balaban J connectivity index is 3.06. The van der Waals surface area contributed by atoms with E-state index in [1.807, 2.05) is 0 Å². The van der Waals surface area contributed by atoms with Gasteiger partial charge in [-0.2, -0.15) is 0 Å². The molecule has 3 heteroatoms. The van der Waals surface area contributed by atoms with Crippen molar-refractivity contribution in [3.8, 4) is 0 Å². The summed E-state index contributed by atoms with van der Waals surface area (Å²) >= 11 is 0. The van der Waals surface area contributed by atoms with Gasteiger partial charge in [-0.15, -0.1) is 5.10 Å². The lowest BCUT2D eigenvalue weighted by molar-refractivity contribution is 0.590. The summed E-state index contributed by atoms with van der Waals surface area (Å²) in [5, 5.41) is 3.67. The second-order valence-corrected chi connectivity index (χ2v) is 1.42. The molecule has 8 heavy (non-hydrogen) atoms. The Bertz CT molecular complexity index is 232. The van der Waals surface area contributed by atoms with Crippen LogP contribution in [0.2, 0.25) is 0 Å². The lowest BCUT2D eigenvalue weighted by Crippen LogP contribution is -1.74. The second-order valence-electron chi connectivity index (χ2n) is 1.42. The Kier molecular flexibility index (Phi) is 0.521. The third-order valence-corrected chi connectivity index (χ3v) is 0.928. The molecule has 0 fully saturated rings. The second kappa shape index (κ2) is 1.12. The van der Waals surface area contributed by atoms with Gasteiger partial charge < -0.3 is 4.42 Å². The minimum atomic E-state index is 0.671. The highest BCUT2D eigenvalue weighted by molar-refractivity contribution is 5.30. The zero-order valence-electron chi connectivity index (χ0n) is 3.96. The molecule has 0 aromatic carbocycles. The van der Waals surface area contributed by atoms with Gasteiger partial charge in [-0.05, 0) is 0 Å². The third-order valence-electron chi connectivity index (χ3n) is 0.928. The largest absolute Gasteiger partial charge is 0.415 e. The van der Waals surface area contributed by atoms with E-state index in [1.54, 1.807) is 16.8 Å². The number of aromatic nitrogens is 2. The van der Waals surface area contributed by atoms with Gasteiger partial charge in [-0.1, -0.05) is 0 Å². The van der Waals surface area contributed by atoms with E-state index in [-0.39, 0.29) is 0 Å². The highest BCUT2D eigenvalue weighted by atomic mass is 16.4. The number of fused-ring (bicyclic) bond motifs is 1. The molecule has 0 bridgehead atoms. The SMILES string of the molecule is [c]1cc2o[c]nn2c1. The molecule has 0 amide bonds. The van der Waals surface area contributed by atoms with Gasteiger partial charge in [0, 0.05) is 18.3 Å². The van der Waals surface area contributed by atoms with E-state index in [4.69, 9.17) is 4.42 Å². The van der Waals surface area contributed by atoms with Crippen LogP contribution in [0.4, 0.5) is 0 Å². The molecule has 0 saturated heterocycles. The van der Waals surface area contributed by atoms with Crippen LogP contribution in [0, 0.1) is 12.5 Å². The smallest absolute Gasteiger partial charge is 0.304 e. The highest BCUT2D eigenvalue weighted by Gasteiger charge is 1.91. The molecule has 0 aliphatic carbocycles. The molecule has 2 heterocycles. The Morgan fingerprint density at radius 3 is 3.62 bits per heavy atom. The Morgan fingerprint density at radius 2 is 2.75 bits per heavy atom. The van der Waals surface area contributed by atoms with Gasteiger partial charge >= 0.3 is 6.39 Å². The third kappa shape index (κ3) is 0.307. The minimum Gasteiger partial charge on any atom is -0.415 e. The van der Waals surface area contributed by atoms with Crippen LogP contribution in [0.15, 0.2) is 16.7 Å². The molecule has 2 aromatic rings. The first-order chi connectivity index (χ1) is 3.97. The van der Waals surface area contributed by atoms with E-state index in [9.17, 15) is 0 Å². The summed E-state index contributed by atoms with van der Waals surface area (Å²) < 4.78 is 6.31. The van der Waals surface area contributed by atoms with Crippen molar-refractivity contribution >= 4 is 5.71 Å². The molecule has 38 valence electrons. The molecule has 3 nitrogen and oxygen atoms in total. The maximum atomic E-state index is 4.75. The van der Waals surface area contributed by atoms with Crippen LogP contribution in [0.1, 0.15) is 0 Å². The Morgan fingerprint density at radius 1 is 1.75 bits per heavy atom. The average Bonchev–Trinajstić information content (AvgIpc) is 2.15. The first kappa shape index (κ1) is 3.72. The summed E-state index contributed by atoms with van der Waals surface area (Å²) in [6.45, 7) is 0. The van der Waals surface area contributed by atoms with Gasteiger partial charge in [0.25, 0.3) is 0 Å². The number of nitrogens with zero attached hydrogens (tertiary/aromatic N) is 2. The zero-order chi connectivity index (χ0) is 5.40. The van der Waals surface area contributed by atoms with Crippen molar-refractivity contribution in [1.82, 2.24) is 9.61 Å². The summed E-state index contributed by atoms with van der Waals surface area (Å²) in [5.74, 6) is 0. The number of rotatable bonds is 0. The summed E-state index contributed by atoms with van der Waals surface area (Å²) in [7, 11) is 0. The fourth-order valence-electron chi connectivity index (χ4n) is 0.574. The van der Waals surface area contributed by atoms with Gasteiger partial charge in [0.05, 0.1) is 0 Å². The van der Waals surface area contributed by atoms with Crippen molar-refractivity contribution in [2.45, 2.75) is 0 Å². The molecular weight excluding hydrogens is 104 g/mol. The van der Waals surface area contributed by atoms with Crippen molar-refractivity contribution < 1.29 is 4.42 Å². The van der Waals surface area contributed by atoms with Gasteiger partial charge in [0.15, 0.2) is 0 Å². The predicted molar refractivity (Wildman–Crippen MR) is 25.1 cm³/mol. The van der Waals surface area contributed by atoms with Crippen molar-refractivity contribution in [3.05, 3.63) is 24.7 Å². The zero-order valence-corrected chi connectivity index (χ0v) is 3.96. The summed E-state index contributed by atoms with van der Waals surface area (Å²) in [4.78, 5) is 0. The van der Waals surface area contributed by atoms with Crippen LogP contribution in [-0.4, -0.2) is 9.61 Å². The Labute approximate surface area is 45.5 Å². The standard InChI is InChI=1S/C5H2N2O/c1-2-5-7(3-1)6-4-8-5/h2-3H. The molecule has 2 radical (unpaired) electrons. The normalized spacial score (nSPS) is 10.5. The monoisotopic (exact) mass is 106 g/mol. The van der Waals surface area contributed by atoms with E-state index in [0.29, 0.717) is 5.71 Å². The summed E-state index contributed by atoms with van der Waals surface area (Å²) in [5.41, 5.74) is 0.671. The fraction of sp³-hybridized carbons (Fsp3) is 0. The van der Waals surface area contributed by atoms with E-state index in [2.05, 4.69) is 17.6 Å². The molecule has 0 atom stereocenters. The molecule has 0 aliphatic rings. The van der Waals surface area contributed by atoms with Gasteiger partial charge in [-0.3, -0.25) is 0 Å². The average molecular weight is 106 g/mol. The van der Waals surface area contributed by atoms with Crippen molar-refractivity contribution in [3.63, 3.8) is 0 Å². The molecule has 0 saturated carbocycles. The maximum absolute atomic E-state index is 4.75. The predicted octanol–water partition coefficient (Wildman–Crippen LogP) is 0.528. The van der Waals surface area contributed by atoms with Crippen LogP contribution in [0.3, 0.4) is 0 Å². The van der Waals surface area contributed by atoms with Gasteiger partial charge in [0.1, 0.15) is 0 Å². The highest BCUT2D eigenvalue weighted by Crippen LogP contribution is 1.98. The van der Waals surface area contributed by atoms with Gasteiger partial charge in [-0.25, -0.2) is 4.52 Å². The van der Waals surface area contributed by atoms with Crippen LogP contribution >= 0.6 is 0 Å². The van der Waals surface area contributed by atoms with Crippen molar-refractivity contribution in [2.24, 2.45) is 0 Å². The minimum absolute atomic E-state index is 0.671. The van der Waals surface area contributed by atoms with Crippen LogP contribution in [-0.2, 0) is 0 Å². The molecule has 0 unspecified atom stereocenters. The molecule has 0 aliphatic heterocycles. The first-order valence-corrected chi connectivity index (χ1v) is 2.18. The van der Waals surface area contributed by atoms with Crippen molar-refractivity contribution in [2.75, 3.05) is 0 Å². The summed E-state index contributed by atoms with van der Waals surface area (Å²) in [6.07, 6.45) is 4.01. The fourth-order valence-corrected chi connectivity index (χ4v) is 0.574. The van der Waals surface area contributed by atoms with Crippen LogP contribution in [0.5, 0.6) is 0 Å². The van der Waals surface area contributed by atoms with Crippen LogP contribution < -0.4 is 0 Å². The van der Waals surface area contributed by atoms with Crippen LogP contribution in [0.25, 0.3) is 5.71 Å². The van der Waals surface area contributed by atoms with Gasteiger partial charge in [0.2, 0.25) is 5.71 Å². The first-order valence-electron chi connectivity index (χ1n) is 2.18. The molecular formula is C5H2N2O. The quantitative estimate of drug-likeness (QED) is 0.490. The molecule has 2 aromatic heterocycles. The van der Waals surface area contributed by atoms with E-state index in [0.717, 1.165) is 0 Å². The number of hydrogen-bond acceptors (Lipinski definition) is 2. The molecule has 2 rings (SSSR count). The maximum Gasteiger partial charge on any atom is 0.304 e. The lowest BCUT2D eigenvalue weighted by Gasteiger charge is -1.69. The molecule has 0 N–H and O–H groups in total. The Hall–Kier alpha value is -1.25. The topological polar surface area (TPSA) is 30.4 Å². The van der Waals surface area contributed by atoms with E-state index < -0.39 is 0 Å².